The number of allylic oxidation sites excluding steroid dienone is 3. The van der Waals surface area contributed by atoms with Gasteiger partial charge in [0.1, 0.15) is 0 Å². The van der Waals surface area contributed by atoms with Crippen molar-refractivity contribution < 1.29 is 0 Å². The monoisotopic (exact) mass is 192 g/mol. The number of unbranched alkanes of at least 4 members (excludes halogenated alkanes) is 4. The molecule has 0 aromatic carbocycles. The third kappa shape index (κ3) is 9.31. The van der Waals surface area contributed by atoms with E-state index in [1.165, 1.54) is 37.7 Å². The van der Waals surface area contributed by atoms with Crippen LogP contribution in [0.25, 0.3) is 0 Å². The van der Waals surface area contributed by atoms with Crippen LogP contribution in [-0.4, -0.2) is 0 Å². The van der Waals surface area contributed by atoms with Gasteiger partial charge >= 0.3 is 0 Å². The van der Waals surface area contributed by atoms with Gasteiger partial charge in [-0.15, -0.1) is 13.2 Å². The van der Waals surface area contributed by atoms with E-state index in [0.29, 0.717) is 0 Å². The summed E-state index contributed by atoms with van der Waals surface area (Å²) in [5, 5.41) is 0. The maximum absolute atomic E-state index is 4.06. The third-order valence-corrected chi connectivity index (χ3v) is 2.39. The summed E-state index contributed by atoms with van der Waals surface area (Å²) in [6.07, 6.45) is 13.8. The van der Waals surface area contributed by atoms with Gasteiger partial charge in [0, 0.05) is 0 Å². The largest absolute Gasteiger partial charge is 0.103 e. The summed E-state index contributed by atoms with van der Waals surface area (Å²) in [4.78, 5) is 0. The van der Waals surface area contributed by atoms with E-state index < -0.39 is 0 Å². The van der Waals surface area contributed by atoms with E-state index >= 15 is 0 Å². The van der Waals surface area contributed by atoms with Gasteiger partial charge in [0.2, 0.25) is 0 Å². The van der Waals surface area contributed by atoms with Crippen LogP contribution >= 0.6 is 0 Å². The first-order chi connectivity index (χ1) is 6.81. The lowest BCUT2D eigenvalue weighted by Gasteiger charge is -2.03. The highest BCUT2D eigenvalue weighted by Crippen LogP contribution is 2.13. The minimum atomic E-state index is 1.08. The Morgan fingerprint density at radius 1 is 0.786 bits per heavy atom. The lowest BCUT2D eigenvalue weighted by Crippen LogP contribution is -1.83. The van der Waals surface area contributed by atoms with Gasteiger partial charge in [-0.2, -0.15) is 0 Å². The summed E-state index contributed by atoms with van der Waals surface area (Å²) >= 11 is 0. The van der Waals surface area contributed by atoms with Gasteiger partial charge in [0.25, 0.3) is 0 Å². The molecule has 0 rings (SSSR count). The summed E-state index contributed by atoms with van der Waals surface area (Å²) in [5.74, 6) is 0. The molecule has 0 nitrogen and oxygen atoms in total. The van der Waals surface area contributed by atoms with Gasteiger partial charge in [-0.25, -0.2) is 0 Å². The van der Waals surface area contributed by atoms with E-state index in [-0.39, 0.29) is 0 Å². The fourth-order valence-electron chi connectivity index (χ4n) is 1.45. The van der Waals surface area contributed by atoms with E-state index in [4.69, 9.17) is 0 Å². The third-order valence-electron chi connectivity index (χ3n) is 2.39. The second kappa shape index (κ2) is 10.3. The predicted molar refractivity (Wildman–Crippen MR) is 66.5 cm³/mol. The van der Waals surface area contributed by atoms with E-state index in [2.05, 4.69) is 19.7 Å². The summed E-state index contributed by atoms with van der Waals surface area (Å²) in [7, 11) is 0. The molecule has 0 radical (unpaired) electrons. The Morgan fingerprint density at radius 2 is 1.43 bits per heavy atom. The Hall–Kier alpha value is -0.780. The molecular weight excluding hydrogens is 168 g/mol. The highest BCUT2D eigenvalue weighted by atomic mass is 14.0. The fraction of sp³-hybridized carbons (Fsp3) is 0.571. The van der Waals surface area contributed by atoms with Crippen molar-refractivity contribution in [3.8, 4) is 0 Å². The number of rotatable bonds is 10. The van der Waals surface area contributed by atoms with Crippen molar-refractivity contribution in [3.63, 3.8) is 0 Å². The van der Waals surface area contributed by atoms with Crippen LogP contribution in [0, 0.1) is 0 Å². The normalized spacial score (nSPS) is 9.71. The highest BCUT2D eigenvalue weighted by Gasteiger charge is 1.94. The fourth-order valence-corrected chi connectivity index (χ4v) is 1.45. The van der Waals surface area contributed by atoms with Crippen LogP contribution in [0.15, 0.2) is 37.5 Å². The van der Waals surface area contributed by atoms with Crippen molar-refractivity contribution in [2.75, 3.05) is 0 Å². The molecule has 0 spiro atoms. The smallest absolute Gasteiger partial charge is 0.0288 e. The van der Waals surface area contributed by atoms with Gasteiger partial charge in [-0.3, -0.25) is 0 Å². The molecule has 0 aromatic heterocycles. The Balaban J connectivity index is 3.14. The molecule has 80 valence electrons. The van der Waals surface area contributed by atoms with E-state index in [1.807, 2.05) is 12.2 Å². The van der Waals surface area contributed by atoms with Gasteiger partial charge < -0.3 is 0 Å². The van der Waals surface area contributed by atoms with Crippen molar-refractivity contribution in [1.82, 2.24) is 0 Å². The first-order valence-corrected chi connectivity index (χ1v) is 5.69. The second-order valence-corrected chi connectivity index (χ2v) is 3.82. The lowest BCUT2D eigenvalue weighted by molar-refractivity contribution is 0.638. The number of hydrogen-bond donors (Lipinski definition) is 0. The molecule has 0 bridgehead atoms. The molecule has 0 fully saturated rings. The van der Waals surface area contributed by atoms with Gasteiger partial charge in [0.05, 0.1) is 0 Å². The van der Waals surface area contributed by atoms with E-state index in [9.17, 15) is 0 Å². The molecule has 14 heavy (non-hydrogen) atoms. The van der Waals surface area contributed by atoms with Gasteiger partial charge in [-0.1, -0.05) is 37.1 Å². The Morgan fingerprint density at radius 3 is 2.07 bits per heavy atom. The van der Waals surface area contributed by atoms with Crippen LogP contribution in [-0.2, 0) is 0 Å². The summed E-state index contributed by atoms with van der Waals surface area (Å²) in [6, 6.07) is 0. The van der Waals surface area contributed by atoms with Gasteiger partial charge in [0.15, 0.2) is 0 Å². The standard InChI is InChI=1S/C14H24/c1-4-6-8-9-10-11-13-14(3)12-7-5-2/h4-5H,1-3,6-13H2. The zero-order chi connectivity index (χ0) is 10.6. The zero-order valence-corrected chi connectivity index (χ0v) is 9.43. The highest BCUT2D eigenvalue weighted by molar-refractivity contribution is 4.95. The Bertz CT molecular complexity index is 165. The first kappa shape index (κ1) is 13.2. The SMILES string of the molecule is C=CCCCCCCC(=C)CCC=C. The molecule has 0 aliphatic rings. The molecule has 0 aliphatic carbocycles. The molecule has 0 unspecified atom stereocenters. The molecule has 0 N–H and O–H groups in total. The van der Waals surface area contributed by atoms with Crippen LogP contribution in [0.2, 0.25) is 0 Å². The van der Waals surface area contributed by atoms with E-state index in [1.54, 1.807) is 0 Å². The van der Waals surface area contributed by atoms with Crippen molar-refractivity contribution >= 4 is 0 Å². The molecule has 0 aliphatic heterocycles. The van der Waals surface area contributed by atoms with Gasteiger partial charge in [-0.05, 0) is 38.5 Å². The summed E-state index contributed by atoms with van der Waals surface area (Å²) in [6.45, 7) is 11.5. The molecule has 0 saturated carbocycles. The van der Waals surface area contributed by atoms with Crippen molar-refractivity contribution in [3.05, 3.63) is 37.5 Å². The molecule has 0 saturated heterocycles. The van der Waals surface area contributed by atoms with Crippen molar-refractivity contribution in [1.29, 1.82) is 0 Å². The van der Waals surface area contributed by atoms with Crippen molar-refractivity contribution in [2.45, 2.75) is 51.4 Å². The maximum Gasteiger partial charge on any atom is -0.0288 e. The first-order valence-electron chi connectivity index (χ1n) is 5.69. The predicted octanol–water partition coefficient (Wildman–Crippen LogP) is 5.04. The Kier molecular flexibility index (Phi) is 9.73. The molecule has 0 heteroatoms. The van der Waals surface area contributed by atoms with E-state index in [0.717, 1.165) is 19.3 Å². The summed E-state index contributed by atoms with van der Waals surface area (Å²) < 4.78 is 0. The van der Waals surface area contributed by atoms with Crippen LogP contribution in [0.4, 0.5) is 0 Å². The topological polar surface area (TPSA) is 0 Å². The molecular formula is C14H24. The second-order valence-electron chi connectivity index (χ2n) is 3.82. The molecule has 0 atom stereocenters. The maximum atomic E-state index is 4.06. The molecule has 0 amide bonds. The molecule has 0 heterocycles. The zero-order valence-electron chi connectivity index (χ0n) is 9.43. The number of hydrogen-bond acceptors (Lipinski definition) is 0. The van der Waals surface area contributed by atoms with Crippen LogP contribution in [0.5, 0.6) is 0 Å². The van der Waals surface area contributed by atoms with Crippen LogP contribution in [0.3, 0.4) is 0 Å². The minimum Gasteiger partial charge on any atom is -0.103 e. The van der Waals surface area contributed by atoms with Crippen LogP contribution in [0.1, 0.15) is 51.4 Å². The minimum absolute atomic E-state index is 1.08. The average molecular weight is 192 g/mol. The Labute approximate surface area is 89.4 Å². The average Bonchev–Trinajstić information content (AvgIpc) is 2.20. The van der Waals surface area contributed by atoms with Crippen LogP contribution < -0.4 is 0 Å². The summed E-state index contributed by atoms with van der Waals surface area (Å²) in [5.41, 5.74) is 1.38. The lowest BCUT2D eigenvalue weighted by atomic mass is 10.0. The quantitative estimate of drug-likeness (QED) is 0.336. The molecule has 0 aromatic rings. The van der Waals surface area contributed by atoms with Crippen molar-refractivity contribution in [2.24, 2.45) is 0 Å².